The molecule has 2 aromatic heterocycles. The van der Waals surface area contributed by atoms with Gasteiger partial charge < -0.3 is 15.4 Å². The fraction of sp³-hybridized carbons (Fsp3) is 0.385. The molecule has 0 aliphatic heterocycles. The van der Waals surface area contributed by atoms with Gasteiger partial charge in [-0.05, 0) is 36.9 Å². The average molecular weight is 247 g/mol. The number of aliphatic hydroxyl groups is 1. The predicted molar refractivity (Wildman–Crippen MR) is 70.5 cm³/mol. The van der Waals surface area contributed by atoms with Gasteiger partial charge in [0.05, 0.1) is 5.39 Å². The molecule has 3 N–H and O–H groups in total. The highest BCUT2D eigenvalue weighted by atomic mass is 16.3. The van der Waals surface area contributed by atoms with Crippen LogP contribution in [-0.2, 0) is 0 Å². The van der Waals surface area contributed by atoms with Crippen LogP contribution in [0.25, 0.3) is 10.8 Å². The monoisotopic (exact) mass is 247 g/mol. The Hall–Kier alpha value is -1.72. The van der Waals surface area contributed by atoms with Gasteiger partial charge in [0.25, 0.3) is 5.56 Å². The van der Waals surface area contributed by atoms with Crippen molar-refractivity contribution in [3.8, 4) is 0 Å². The van der Waals surface area contributed by atoms with E-state index in [1.807, 2.05) is 13.0 Å². The lowest BCUT2D eigenvalue weighted by Crippen LogP contribution is -2.22. The zero-order chi connectivity index (χ0) is 13.0. The van der Waals surface area contributed by atoms with Gasteiger partial charge in [-0.15, -0.1) is 0 Å². The fourth-order valence-corrected chi connectivity index (χ4v) is 1.99. The highest BCUT2D eigenvalue weighted by molar-refractivity contribution is 5.83. The summed E-state index contributed by atoms with van der Waals surface area (Å²) in [5.74, 6) is 0. The van der Waals surface area contributed by atoms with Crippen molar-refractivity contribution in [2.45, 2.75) is 19.4 Å². The summed E-state index contributed by atoms with van der Waals surface area (Å²) in [7, 11) is 0. The summed E-state index contributed by atoms with van der Waals surface area (Å²) in [5.41, 5.74) is 0.911. The van der Waals surface area contributed by atoms with Crippen molar-refractivity contribution in [1.82, 2.24) is 15.3 Å². The Morgan fingerprint density at radius 1 is 1.50 bits per heavy atom. The first-order valence-corrected chi connectivity index (χ1v) is 6.03. The number of pyridine rings is 2. The van der Waals surface area contributed by atoms with Crippen molar-refractivity contribution in [2.75, 3.05) is 13.2 Å². The molecule has 0 aliphatic rings. The van der Waals surface area contributed by atoms with E-state index in [0.29, 0.717) is 11.8 Å². The number of aromatic nitrogens is 2. The summed E-state index contributed by atoms with van der Waals surface area (Å²) in [5, 5.41) is 13.6. The van der Waals surface area contributed by atoms with E-state index in [2.05, 4.69) is 15.3 Å². The number of rotatable bonds is 5. The van der Waals surface area contributed by atoms with E-state index in [1.165, 1.54) is 0 Å². The van der Waals surface area contributed by atoms with Gasteiger partial charge in [-0.25, -0.2) is 0 Å². The second-order valence-electron chi connectivity index (χ2n) is 4.25. The first kappa shape index (κ1) is 12.7. The van der Waals surface area contributed by atoms with Crippen LogP contribution in [0, 0.1) is 0 Å². The van der Waals surface area contributed by atoms with E-state index in [4.69, 9.17) is 5.11 Å². The van der Waals surface area contributed by atoms with Crippen LogP contribution in [-0.4, -0.2) is 28.2 Å². The molecule has 0 spiro atoms. The van der Waals surface area contributed by atoms with E-state index >= 15 is 0 Å². The van der Waals surface area contributed by atoms with Crippen molar-refractivity contribution < 1.29 is 5.11 Å². The SMILES string of the molecule is CC(NCCCO)c1c[nH]c(=O)c2cnccc12. The van der Waals surface area contributed by atoms with Crippen LogP contribution in [0.1, 0.15) is 24.9 Å². The van der Waals surface area contributed by atoms with Crippen LogP contribution in [0.3, 0.4) is 0 Å². The fourth-order valence-electron chi connectivity index (χ4n) is 1.99. The molecule has 96 valence electrons. The van der Waals surface area contributed by atoms with E-state index in [9.17, 15) is 4.79 Å². The molecule has 0 amide bonds. The largest absolute Gasteiger partial charge is 0.396 e. The number of hydrogen-bond donors (Lipinski definition) is 3. The lowest BCUT2D eigenvalue weighted by Gasteiger charge is -2.15. The average Bonchev–Trinajstić information content (AvgIpc) is 2.39. The summed E-state index contributed by atoms with van der Waals surface area (Å²) in [4.78, 5) is 18.4. The molecule has 2 rings (SSSR count). The first-order valence-electron chi connectivity index (χ1n) is 6.03. The van der Waals surface area contributed by atoms with E-state index < -0.39 is 0 Å². The molecule has 5 nitrogen and oxygen atoms in total. The zero-order valence-electron chi connectivity index (χ0n) is 10.3. The number of aromatic amines is 1. The van der Waals surface area contributed by atoms with Crippen molar-refractivity contribution in [2.24, 2.45) is 0 Å². The summed E-state index contributed by atoms with van der Waals surface area (Å²) in [6.07, 6.45) is 5.72. The lowest BCUT2D eigenvalue weighted by molar-refractivity contribution is 0.284. The smallest absolute Gasteiger partial charge is 0.257 e. The quantitative estimate of drug-likeness (QED) is 0.688. The molecule has 18 heavy (non-hydrogen) atoms. The van der Waals surface area contributed by atoms with Crippen LogP contribution in [0.2, 0.25) is 0 Å². The van der Waals surface area contributed by atoms with E-state index in [0.717, 1.165) is 17.5 Å². The van der Waals surface area contributed by atoms with E-state index in [1.54, 1.807) is 18.6 Å². The van der Waals surface area contributed by atoms with Gasteiger partial charge in [0, 0.05) is 31.2 Å². The molecule has 1 atom stereocenters. The molecule has 0 aromatic carbocycles. The van der Waals surface area contributed by atoms with Crippen LogP contribution in [0.5, 0.6) is 0 Å². The minimum atomic E-state index is -0.121. The second kappa shape index (κ2) is 5.75. The van der Waals surface area contributed by atoms with Crippen molar-refractivity contribution in [3.05, 3.63) is 40.6 Å². The molecule has 0 saturated carbocycles. The Kier molecular flexibility index (Phi) is 4.07. The van der Waals surface area contributed by atoms with Gasteiger partial charge in [0.15, 0.2) is 0 Å². The number of aliphatic hydroxyl groups excluding tert-OH is 1. The Labute approximate surface area is 105 Å². The summed E-state index contributed by atoms with van der Waals surface area (Å²) in [6.45, 7) is 2.95. The molecule has 0 saturated heterocycles. The number of hydrogen-bond acceptors (Lipinski definition) is 4. The zero-order valence-corrected chi connectivity index (χ0v) is 10.3. The maximum absolute atomic E-state index is 11.7. The molecule has 0 fully saturated rings. The predicted octanol–water partition coefficient (Wildman–Crippen LogP) is 0.956. The van der Waals surface area contributed by atoms with Gasteiger partial charge in [-0.3, -0.25) is 9.78 Å². The van der Waals surface area contributed by atoms with Crippen LogP contribution in [0.4, 0.5) is 0 Å². The number of nitrogens with zero attached hydrogens (tertiary/aromatic N) is 1. The third kappa shape index (κ3) is 2.57. The van der Waals surface area contributed by atoms with Crippen molar-refractivity contribution in [1.29, 1.82) is 0 Å². The maximum Gasteiger partial charge on any atom is 0.257 e. The van der Waals surface area contributed by atoms with Crippen LogP contribution >= 0.6 is 0 Å². The Balaban J connectivity index is 2.33. The standard InChI is InChI=1S/C13H17N3O2/c1-9(15-4-2-6-17)11-8-16-13(18)12-7-14-5-3-10(11)12/h3,5,7-9,15,17H,2,4,6H2,1H3,(H,16,18). The molecule has 0 aliphatic carbocycles. The highest BCUT2D eigenvalue weighted by Crippen LogP contribution is 2.19. The van der Waals surface area contributed by atoms with Crippen LogP contribution in [0.15, 0.2) is 29.5 Å². The number of nitrogens with one attached hydrogen (secondary N) is 2. The first-order chi connectivity index (χ1) is 8.74. The normalized spacial score (nSPS) is 12.8. The molecular formula is C13H17N3O2. The minimum absolute atomic E-state index is 0.110. The lowest BCUT2D eigenvalue weighted by atomic mass is 10.0. The number of H-pyrrole nitrogens is 1. The summed E-state index contributed by atoms with van der Waals surface area (Å²) in [6, 6.07) is 1.96. The number of fused-ring (bicyclic) bond motifs is 1. The Morgan fingerprint density at radius 3 is 3.11 bits per heavy atom. The molecule has 1 unspecified atom stereocenters. The van der Waals surface area contributed by atoms with E-state index in [-0.39, 0.29) is 18.2 Å². The van der Waals surface area contributed by atoms with Crippen LogP contribution < -0.4 is 10.9 Å². The van der Waals surface area contributed by atoms with Gasteiger partial charge in [-0.1, -0.05) is 0 Å². The molecule has 5 heteroatoms. The summed E-state index contributed by atoms with van der Waals surface area (Å²) < 4.78 is 0. The molecule has 0 radical (unpaired) electrons. The highest BCUT2D eigenvalue weighted by Gasteiger charge is 2.10. The third-order valence-electron chi connectivity index (χ3n) is 2.99. The van der Waals surface area contributed by atoms with Gasteiger partial charge in [0.2, 0.25) is 0 Å². The summed E-state index contributed by atoms with van der Waals surface area (Å²) >= 11 is 0. The van der Waals surface area contributed by atoms with Gasteiger partial charge in [0.1, 0.15) is 0 Å². The molecule has 2 heterocycles. The van der Waals surface area contributed by atoms with Crippen molar-refractivity contribution >= 4 is 10.8 Å². The Bertz CT molecular complexity index is 580. The molecule has 0 bridgehead atoms. The van der Waals surface area contributed by atoms with Crippen molar-refractivity contribution in [3.63, 3.8) is 0 Å². The van der Waals surface area contributed by atoms with Gasteiger partial charge >= 0.3 is 0 Å². The van der Waals surface area contributed by atoms with Gasteiger partial charge in [-0.2, -0.15) is 0 Å². The molecular weight excluding hydrogens is 230 g/mol. The minimum Gasteiger partial charge on any atom is -0.396 e. The Morgan fingerprint density at radius 2 is 2.33 bits per heavy atom. The molecule has 2 aromatic rings. The maximum atomic E-state index is 11.7. The third-order valence-corrected chi connectivity index (χ3v) is 2.99. The second-order valence-corrected chi connectivity index (χ2v) is 4.25. The topological polar surface area (TPSA) is 78.0 Å².